The minimum atomic E-state index is -0.356. The third-order valence-electron chi connectivity index (χ3n) is 5.18. The summed E-state index contributed by atoms with van der Waals surface area (Å²) in [6, 6.07) is 4.98. The van der Waals surface area contributed by atoms with Crippen LogP contribution in [0.1, 0.15) is 16.8 Å². The minimum Gasteiger partial charge on any atom is -0.490 e. The number of hydrogen-bond acceptors (Lipinski definition) is 8. The van der Waals surface area contributed by atoms with Crippen LogP contribution in [0.4, 0.5) is 11.6 Å². The summed E-state index contributed by atoms with van der Waals surface area (Å²) in [5, 5.41) is 6.27. The molecule has 182 valence electrons. The van der Waals surface area contributed by atoms with Crippen LogP contribution in [0.15, 0.2) is 37.1 Å². The van der Waals surface area contributed by atoms with Crippen molar-refractivity contribution in [2.24, 2.45) is 0 Å². The van der Waals surface area contributed by atoms with Crippen LogP contribution in [0.5, 0.6) is 11.6 Å². The topological polar surface area (TPSA) is 109 Å². The van der Waals surface area contributed by atoms with E-state index in [1.165, 1.54) is 19.4 Å². The standard InChI is InChI=1S/C23H29ClN6O4/c1-5-20(31)27-18-7-6-15(12-19(18)34-11-10-29(2)3)22(32)30-9-8-16(14-30)26-23-25-13-17(24)21(28-23)33-4/h5-7,12-13,16H,1,8-11,14H2,2-4H3,(H,27,31)(H,25,26,28)/t16-/m1/s1. The van der Waals surface area contributed by atoms with Crippen molar-refractivity contribution in [3.63, 3.8) is 0 Å². The number of likely N-dealkylation sites (tertiary alicyclic amines) is 1. The molecule has 1 aliphatic rings. The van der Waals surface area contributed by atoms with Crippen LogP contribution in [0, 0.1) is 0 Å². The molecule has 1 aromatic heterocycles. The molecule has 0 unspecified atom stereocenters. The van der Waals surface area contributed by atoms with Crippen LogP contribution in [0.3, 0.4) is 0 Å². The molecule has 0 radical (unpaired) electrons. The lowest BCUT2D eigenvalue weighted by atomic mass is 10.1. The Labute approximate surface area is 203 Å². The molecule has 2 N–H and O–H groups in total. The Hall–Kier alpha value is -3.37. The maximum Gasteiger partial charge on any atom is 0.254 e. The number of methoxy groups -OCH3 is 1. The average molecular weight is 489 g/mol. The van der Waals surface area contributed by atoms with Gasteiger partial charge in [0.2, 0.25) is 17.7 Å². The molecular weight excluding hydrogens is 460 g/mol. The van der Waals surface area contributed by atoms with Crippen LogP contribution >= 0.6 is 11.6 Å². The predicted octanol–water partition coefficient (Wildman–Crippen LogP) is 2.53. The molecule has 1 atom stereocenters. The second-order valence-corrected chi connectivity index (χ2v) is 8.40. The largest absolute Gasteiger partial charge is 0.490 e. The summed E-state index contributed by atoms with van der Waals surface area (Å²) < 4.78 is 11.0. The number of rotatable bonds is 10. The molecule has 10 nitrogen and oxygen atoms in total. The summed E-state index contributed by atoms with van der Waals surface area (Å²) >= 11 is 5.98. The molecule has 11 heteroatoms. The molecule has 0 saturated carbocycles. The summed E-state index contributed by atoms with van der Waals surface area (Å²) in [5.41, 5.74) is 0.955. The summed E-state index contributed by atoms with van der Waals surface area (Å²) in [5.74, 6) is 0.623. The van der Waals surface area contributed by atoms with E-state index >= 15 is 0 Å². The molecular formula is C23H29ClN6O4. The lowest BCUT2D eigenvalue weighted by molar-refractivity contribution is -0.111. The second-order valence-electron chi connectivity index (χ2n) is 7.99. The molecule has 2 amide bonds. The van der Waals surface area contributed by atoms with E-state index in [1.54, 1.807) is 23.1 Å². The zero-order valence-electron chi connectivity index (χ0n) is 19.5. The van der Waals surface area contributed by atoms with Gasteiger partial charge in [0, 0.05) is 31.2 Å². The van der Waals surface area contributed by atoms with E-state index in [0.29, 0.717) is 54.2 Å². The molecule has 34 heavy (non-hydrogen) atoms. The molecule has 0 spiro atoms. The van der Waals surface area contributed by atoms with Gasteiger partial charge in [0.25, 0.3) is 5.91 Å². The third-order valence-corrected chi connectivity index (χ3v) is 5.44. The van der Waals surface area contributed by atoms with Crippen molar-refractivity contribution in [2.45, 2.75) is 12.5 Å². The molecule has 3 rings (SSSR count). The fraction of sp³-hybridized carbons (Fsp3) is 0.391. The van der Waals surface area contributed by atoms with Gasteiger partial charge >= 0.3 is 0 Å². The maximum absolute atomic E-state index is 13.2. The number of carbonyl (C=O) groups excluding carboxylic acids is 2. The van der Waals surface area contributed by atoms with Crippen LogP contribution in [-0.4, -0.2) is 85.1 Å². The van der Waals surface area contributed by atoms with E-state index < -0.39 is 0 Å². The lowest BCUT2D eigenvalue weighted by Gasteiger charge is -2.19. The van der Waals surface area contributed by atoms with Crippen LogP contribution < -0.4 is 20.1 Å². The summed E-state index contributed by atoms with van der Waals surface area (Å²) in [4.78, 5) is 37.1. The predicted molar refractivity (Wildman–Crippen MR) is 131 cm³/mol. The van der Waals surface area contributed by atoms with Crippen LogP contribution in [0.25, 0.3) is 0 Å². The van der Waals surface area contributed by atoms with Gasteiger partial charge in [-0.3, -0.25) is 9.59 Å². The number of benzene rings is 1. The Morgan fingerprint density at radius 2 is 2.18 bits per heavy atom. The van der Waals surface area contributed by atoms with Crippen molar-refractivity contribution in [3.8, 4) is 11.6 Å². The number of nitrogens with one attached hydrogen (secondary N) is 2. The molecule has 0 aliphatic carbocycles. The van der Waals surface area contributed by atoms with Crippen molar-refractivity contribution in [1.29, 1.82) is 0 Å². The second kappa shape index (κ2) is 11.7. The molecule has 2 heterocycles. The number of nitrogens with zero attached hydrogens (tertiary/aromatic N) is 4. The summed E-state index contributed by atoms with van der Waals surface area (Å²) in [7, 11) is 5.36. The monoisotopic (exact) mass is 488 g/mol. The van der Waals surface area contributed by atoms with E-state index in [1.807, 2.05) is 19.0 Å². The Bertz CT molecular complexity index is 1050. The minimum absolute atomic E-state index is 0.0169. The highest BCUT2D eigenvalue weighted by Crippen LogP contribution is 2.28. The number of carbonyl (C=O) groups is 2. The Kier molecular flexibility index (Phi) is 8.67. The normalized spacial score (nSPS) is 15.2. The number of aromatic nitrogens is 2. The number of likely N-dealkylation sites (N-methyl/N-ethyl adjacent to an activating group) is 1. The fourth-order valence-electron chi connectivity index (χ4n) is 3.39. The van der Waals surface area contributed by atoms with Crippen LogP contribution in [0.2, 0.25) is 5.02 Å². The first-order valence-corrected chi connectivity index (χ1v) is 11.2. The van der Waals surface area contributed by atoms with Gasteiger partial charge in [-0.2, -0.15) is 4.98 Å². The molecule has 1 aliphatic heterocycles. The first-order chi connectivity index (χ1) is 16.3. The number of amides is 2. The van der Waals surface area contributed by atoms with Crippen molar-refractivity contribution >= 4 is 35.1 Å². The SMILES string of the molecule is C=CC(=O)Nc1ccc(C(=O)N2CC[C@@H](Nc3ncc(Cl)c(OC)n3)C2)cc1OCCN(C)C. The zero-order valence-corrected chi connectivity index (χ0v) is 20.3. The van der Waals surface area contributed by atoms with E-state index in [9.17, 15) is 9.59 Å². The molecule has 1 saturated heterocycles. The van der Waals surface area contributed by atoms with Crippen molar-refractivity contribution in [2.75, 3.05) is 58.1 Å². The number of hydrogen-bond donors (Lipinski definition) is 2. The van der Waals surface area contributed by atoms with E-state index in [2.05, 4.69) is 27.2 Å². The van der Waals surface area contributed by atoms with Gasteiger partial charge < -0.3 is 29.9 Å². The summed E-state index contributed by atoms with van der Waals surface area (Å²) in [6.07, 6.45) is 3.39. The number of ether oxygens (including phenoxy) is 2. The Morgan fingerprint density at radius 1 is 1.38 bits per heavy atom. The third kappa shape index (κ3) is 6.58. The quantitative estimate of drug-likeness (QED) is 0.491. The van der Waals surface area contributed by atoms with Gasteiger partial charge in [0.1, 0.15) is 17.4 Å². The molecule has 2 aromatic rings. The highest BCUT2D eigenvalue weighted by molar-refractivity contribution is 6.31. The Balaban J connectivity index is 1.69. The first kappa shape index (κ1) is 25.3. The average Bonchev–Trinajstić information content (AvgIpc) is 3.28. The van der Waals surface area contributed by atoms with Crippen molar-refractivity contribution in [3.05, 3.63) is 47.6 Å². The van der Waals surface area contributed by atoms with Gasteiger partial charge in [-0.15, -0.1) is 0 Å². The fourth-order valence-corrected chi connectivity index (χ4v) is 3.56. The smallest absolute Gasteiger partial charge is 0.254 e. The van der Waals surface area contributed by atoms with Gasteiger partial charge in [-0.1, -0.05) is 18.2 Å². The van der Waals surface area contributed by atoms with E-state index in [0.717, 1.165) is 6.42 Å². The van der Waals surface area contributed by atoms with Gasteiger partial charge in [-0.05, 0) is 44.8 Å². The van der Waals surface area contributed by atoms with E-state index in [4.69, 9.17) is 21.1 Å². The highest BCUT2D eigenvalue weighted by atomic mass is 35.5. The lowest BCUT2D eigenvalue weighted by Crippen LogP contribution is -2.32. The van der Waals surface area contributed by atoms with Crippen LogP contribution in [-0.2, 0) is 4.79 Å². The first-order valence-electron chi connectivity index (χ1n) is 10.8. The van der Waals surface area contributed by atoms with Gasteiger partial charge in [0.15, 0.2) is 0 Å². The summed E-state index contributed by atoms with van der Waals surface area (Å²) in [6.45, 7) is 5.62. The van der Waals surface area contributed by atoms with Crippen molar-refractivity contribution in [1.82, 2.24) is 19.8 Å². The van der Waals surface area contributed by atoms with Gasteiger partial charge in [0.05, 0.1) is 19.0 Å². The molecule has 1 fully saturated rings. The number of halogens is 1. The highest BCUT2D eigenvalue weighted by Gasteiger charge is 2.28. The maximum atomic E-state index is 13.2. The van der Waals surface area contributed by atoms with E-state index in [-0.39, 0.29) is 23.7 Å². The van der Waals surface area contributed by atoms with Crippen molar-refractivity contribution < 1.29 is 19.1 Å². The van der Waals surface area contributed by atoms with Gasteiger partial charge in [-0.25, -0.2) is 4.98 Å². The molecule has 0 bridgehead atoms. The number of anilines is 2. The molecule has 1 aromatic carbocycles. The zero-order chi connectivity index (χ0) is 24.7. The Morgan fingerprint density at radius 3 is 2.88 bits per heavy atom.